The average Bonchev–Trinajstić information content (AvgIpc) is 2.75. The van der Waals surface area contributed by atoms with Crippen molar-refractivity contribution in [2.75, 3.05) is 5.32 Å². The van der Waals surface area contributed by atoms with E-state index in [1.165, 1.54) is 24.3 Å². The van der Waals surface area contributed by atoms with Gasteiger partial charge in [0.1, 0.15) is 0 Å². The first kappa shape index (κ1) is 20.7. The second kappa shape index (κ2) is 8.38. The lowest BCUT2D eigenvalue weighted by Gasteiger charge is -2.26. The summed E-state index contributed by atoms with van der Waals surface area (Å²) in [5.41, 5.74) is 13.6. The molecule has 2 aliphatic heterocycles. The molecule has 3 aromatic carbocycles. The number of aliphatic imine (C=N–C) groups is 1. The van der Waals surface area contributed by atoms with E-state index in [1.54, 1.807) is 4.41 Å². The lowest BCUT2D eigenvalue weighted by molar-refractivity contribution is -0.114. The van der Waals surface area contributed by atoms with Crippen LogP contribution in [0.1, 0.15) is 23.6 Å². The number of guanidine groups is 1. The largest absolute Gasteiger partial charge is 0.372 e. The molecule has 0 unspecified atom stereocenters. The molecular formula is C23H20ClN5O2S. The average molecular weight is 466 g/mol. The maximum atomic E-state index is 11.2. The van der Waals surface area contributed by atoms with Crippen molar-refractivity contribution in [3.05, 3.63) is 76.4 Å². The van der Waals surface area contributed by atoms with Crippen molar-refractivity contribution in [3.8, 4) is 0 Å². The first-order valence-electron chi connectivity index (χ1n) is 9.96. The number of hydrogen-bond acceptors (Lipinski definition) is 7. The van der Waals surface area contributed by atoms with Gasteiger partial charge in [-0.1, -0.05) is 29.8 Å². The summed E-state index contributed by atoms with van der Waals surface area (Å²) in [6, 6.07) is 15.6. The number of nitrogens with two attached hydrogens (primary N) is 1. The van der Waals surface area contributed by atoms with Crippen LogP contribution in [0.5, 0.6) is 0 Å². The van der Waals surface area contributed by atoms with Gasteiger partial charge in [0.15, 0.2) is 0 Å². The van der Waals surface area contributed by atoms with E-state index in [0.29, 0.717) is 23.9 Å². The lowest BCUT2D eigenvalue weighted by atomic mass is 9.93. The van der Waals surface area contributed by atoms with E-state index in [0.717, 1.165) is 32.7 Å². The molecule has 0 bridgehead atoms. The molecule has 1 amide bonds. The monoisotopic (exact) mass is 465 g/mol. The van der Waals surface area contributed by atoms with Crippen LogP contribution in [-0.4, -0.2) is 16.3 Å². The van der Waals surface area contributed by atoms with Gasteiger partial charge in [0.25, 0.3) is 0 Å². The number of nitrogens with zero attached hydrogens (tertiary/aromatic N) is 2. The minimum Gasteiger partial charge on any atom is -0.372 e. The van der Waals surface area contributed by atoms with Crippen LogP contribution in [0.15, 0.2) is 64.6 Å². The lowest BCUT2D eigenvalue weighted by Crippen LogP contribution is -2.41. The van der Waals surface area contributed by atoms with Crippen LogP contribution in [0.4, 0.5) is 5.69 Å². The van der Waals surface area contributed by atoms with Gasteiger partial charge in [-0.3, -0.25) is 10.2 Å². The maximum absolute atomic E-state index is 11.2. The van der Waals surface area contributed by atoms with E-state index in [2.05, 4.69) is 27.9 Å². The van der Waals surface area contributed by atoms with Crippen molar-refractivity contribution in [3.63, 3.8) is 0 Å². The molecule has 0 radical (unpaired) electrons. The first-order valence-corrected chi connectivity index (χ1v) is 11.1. The molecule has 0 aliphatic carbocycles. The molecule has 0 aromatic heterocycles. The number of ether oxygens (including phenoxy) is 1. The van der Waals surface area contributed by atoms with E-state index in [-0.39, 0.29) is 11.9 Å². The van der Waals surface area contributed by atoms with Crippen molar-refractivity contribution in [1.29, 1.82) is 0 Å². The minimum absolute atomic E-state index is 0.107. The van der Waals surface area contributed by atoms with Crippen molar-refractivity contribution in [2.24, 2.45) is 10.7 Å². The fourth-order valence-corrected chi connectivity index (χ4v) is 5.01. The van der Waals surface area contributed by atoms with Crippen LogP contribution >= 0.6 is 23.5 Å². The second-order valence-corrected chi connectivity index (χ2v) is 8.93. The van der Waals surface area contributed by atoms with Gasteiger partial charge in [-0.05, 0) is 52.2 Å². The molecule has 0 spiro atoms. The van der Waals surface area contributed by atoms with Gasteiger partial charge in [0.2, 0.25) is 11.9 Å². The highest BCUT2D eigenvalue weighted by molar-refractivity contribution is 7.97. The molecule has 0 saturated heterocycles. The molecule has 2 heterocycles. The van der Waals surface area contributed by atoms with E-state index >= 15 is 0 Å². The zero-order valence-electron chi connectivity index (χ0n) is 17.2. The van der Waals surface area contributed by atoms with Crippen LogP contribution in [0.2, 0.25) is 5.02 Å². The van der Waals surface area contributed by atoms with Gasteiger partial charge >= 0.3 is 0 Å². The SMILES string of the molecule is CC(=O)Nc1ccc(SN2C=C(c3c(Cl)cc4c5c(cccc35)COC4)N=C(N)N2)cc1. The van der Waals surface area contributed by atoms with Crippen molar-refractivity contribution in [2.45, 2.75) is 25.0 Å². The molecular weight excluding hydrogens is 446 g/mol. The number of hydrazine groups is 1. The van der Waals surface area contributed by atoms with E-state index < -0.39 is 0 Å². The second-order valence-electron chi connectivity index (χ2n) is 7.47. The third-order valence-corrected chi connectivity index (χ3v) is 6.31. The smallest absolute Gasteiger partial charge is 0.221 e. The zero-order chi connectivity index (χ0) is 22.2. The summed E-state index contributed by atoms with van der Waals surface area (Å²) in [5.74, 6) is 0.161. The number of rotatable bonds is 4. The molecule has 162 valence electrons. The van der Waals surface area contributed by atoms with Crippen molar-refractivity contribution < 1.29 is 9.53 Å². The zero-order valence-corrected chi connectivity index (χ0v) is 18.8. The Balaban J connectivity index is 1.50. The third-order valence-electron chi connectivity index (χ3n) is 5.14. The predicted octanol–water partition coefficient (Wildman–Crippen LogP) is 4.62. The molecule has 32 heavy (non-hydrogen) atoms. The fourth-order valence-electron chi connectivity index (χ4n) is 3.90. The topological polar surface area (TPSA) is 92.0 Å². The molecule has 0 atom stereocenters. The summed E-state index contributed by atoms with van der Waals surface area (Å²) < 4.78 is 7.48. The van der Waals surface area contributed by atoms with E-state index in [9.17, 15) is 4.79 Å². The first-order chi connectivity index (χ1) is 15.5. The molecule has 9 heteroatoms. The maximum Gasteiger partial charge on any atom is 0.221 e. The summed E-state index contributed by atoms with van der Waals surface area (Å²) in [6.45, 7) is 2.60. The number of carbonyl (C=O) groups is 1. The predicted molar refractivity (Wildman–Crippen MR) is 129 cm³/mol. The van der Waals surface area contributed by atoms with Crippen molar-refractivity contribution >= 4 is 57.6 Å². The summed E-state index contributed by atoms with van der Waals surface area (Å²) in [4.78, 5) is 16.7. The highest BCUT2D eigenvalue weighted by Crippen LogP contribution is 2.40. The van der Waals surface area contributed by atoms with Gasteiger partial charge in [0.05, 0.1) is 30.1 Å². The molecule has 3 aromatic rings. The Hall–Kier alpha value is -3.20. The normalized spacial score (nSPS) is 15.1. The number of carbonyl (C=O) groups excluding carboxylic acids is 1. The van der Waals surface area contributed by atoms with Crippen molar-refractivity contribution in [1.82, 2.24) is 9.84 Å². The number of benzene rings is 3. The van der Waals surface area contributed by atoms with E-state index in [1.807, 2.05) is 42.6 Å². The molecule has 0 saturated carbocycles. The molecule has 2 aliphatic rings. The highest BCUT2D eigenvalue weighted by Gasteiger charge is 2.22. The number of nitrogens with one attached hydrogen (secondary N) is 2. The molecule has 7 nitrogen and oxygen atoms in total. The van der Waals surface area contributed by atoms with Gasteiger partial charge in [-0.2, -0.15) is 0 Å². The Morgan fingerprint density at radius 1 is 1.22 bits per heavy atom. The number of anilines is 1. The van der Waals surface area contributed by atoms with Gasteiger partial charge in [-0.25, -0.2) is 9.41 Å². The molecule has 0 fully saturated rings. The summed E-state index contributed by atoms with van der Waals surface area (Å²) >= 11 is 8.16. The Kier molecular flexibility index (Phi) is 5.42. The number of amides is 1. The summed E-state index contributed by atoms with van der Waals surface area (Å²) in [5, 5.41) is 5.56. The van der Waals surface area contributed by atoms with Crippen LogP contribution < -0.4 is 16.5 Å². The van der Waals surface area contributed by atoms with Crippen LogP contribution in [0, 0.1) is 0 Å². The van der Waals surface area contributed by atoms with Crippen LogP contribution in [-0.2, 0) is 22.7 Å². The standard InChI is InChI=1S/C23H20ClN5O2S/c1-13(30)26-16-5-7-17(8-6-16)32-29-10-20(27-23(25)28-29)22-18-4-2-3-14-11-31-12-15(21(14)18)9-19(22)24/h2-10H,11-12H2,1H3,(H,26,30)(H3,25,27,28). The fraction of sp³-hybridized carbons (Fsp3) is 0.130. The number of halogens is 1. The van der Waals surface area contributed by atoms with Gasteiger partial charge < -0.3 is 15.8 Å². The van der Waals surface area contributed by atoms with Crippen LogP contribution in [0.25, 0.3) is 16.5 Å². The van der Waals surface area contributed by atoms with Gasteiger partial charge in [-0.15, -0.1) is 0 Å². The quantitative estimate of drug-likeness (QED) is 0.487. The van der Waals surface area contributed by atoms with Gasteiger partial charge in [0, 0.05) is 35.0 Å². The Labute approximate surface area is 194 Å². The van der Waals surface area contributed by atoms with Crippen LogP contribution in [0.3, 0.4) is 0 Å². The Morgan fingerprint density at radius 3 is 2.78 bits per heavy atom. The highest BCUT2D eigenvalue weighted by atomic mass is 35.5. The summed E-state index contributed by atoms with van der Waals surface area (Å²) in [6.07, 6.45) is 1.87. The van der Waals surface area contributed by atoms with E-state index in [4.69, 9.17) is 22.1 Å². The Bertz CT molecular complexity index is 1290. The summed E-state index contributed by atoms with van der Waals surface area (Å²) in [7, 11) is 0. The molecule has 4 N–H and O–H groups in total. The third kappa shape index (κ3) is 4.00. The minimum atomic E-state index is -0.107. The molecule has 5 rings (SSSR count). The Morgan fingerprint density at radius 2 is 2.00 bits per heavy atom. The number of hydrogen-bond donors (Lipinski definition) is 3.